The third-order valence-corrected chi connectivity index (χ3v) is 2.35. The molecule has 0 aliphatic heterocycles. The number of benzene rings is 1. The Hall–Kier alpha value is -1.06. The number of rotatable bonds is 1. The van der Waals surface area contributed by atoms with Crippen LogP contribution in [0.4, 0.5) is 17.6 Å². The Morgan fingerprint density at radius 2 is 1.69 bits per heavy atom. The number of hydrogen-bond donors (Lipinski definition) is 0. The standard InChI is InChI=1S/C10H8F4.C2H6/c11-9-5-7(6-1-2-6)3-4-8(9)10(12,13)14;1-2/h3-6H,1-2H2;1-2H3. The lowest BCUT2D eigenvalue weighted by molar-refractivity contribution is -0.140. The predicted molar refractivity (Wildman–Crippen MR) is 54.7 cm³/mol. The van der Waals surface area contributed by atoms with Crippen molar-refractivity contribution >= 4 is 0 Å². The molecule has 2 rings (SSSR count). The Morgan fingerprint density at radius 3 is 2.06 bits per heavy atom. The zero-order valence-electron chi connectivity index (χ0n) is 9.24. The molecule has 1 aromatic rings. The molecule has 0 spiro atoms. The van der Waals surface area contributed by atoms with Crippen molar-refractivity contribution in [2.24, 2.45) is 0 Å². The average Bonchev–Trinajstić information content (AvgIpc) is 3.02. The van der Waals surface area contributed by atoms with E-state index in [0.717, 1.165) is 25.0 Å². The number of alkyl halides is 3. The maximum atomic E-state index is 13.0. The topological polar surface area (TPSA) is 0 Å². The second-order valence-corrected chi connectivity index (χ2v) is 3.51. The van der Waals surface area contributed by atoms with Crippen LogP contribution in [0.1, 0.15) is 43.7 Å². The second-order valence-electron chi connectivity index (χ2n) is 3.51. The number of hydrogen-bond acceptors (Lipinski definition) is 0. The minimum Gasteiger partial charge on any atom is -0.206 e. The smallest absolute Gasteiger partial charge is 0.206 e. The van der Waals surface area contributed by atoms with E-state index in [1.165, 1.54) is 6.07 Å². The van der Waals surface area contributed by atoms with Crippen LogP contribution in [0, 0.1) is 5.82 Å². The average molecular weight is 234 g/mol. The fourth-order valence-corrected chi connectivity index (χ4v) is 1.43. The van der Waals surface area contributed by atoms with Gasteiger partial charge in [0.2, 0.25) is 0 Å². The predicted octanol–water partition coefficient (Wildman–Crippen LogP) is 4.75. The summed E-state index contributed by atoms with van der Waals surface area (Å²) in [6.07, 6.45) is -2.69. The summed E-state index contributed by atoms with van der Waals surface area (Å²) in [6.45, 7) is 4.00. The van der Waals surface area contributed by atoms with Crippen molar-refractivity contribution in [1.82, 2.24) is 0 Å². The first-order valence-corrected chi connectivity index (χ1v) is 5.35. The molecule has 0 atom stereocenters. The summed E-state index contributed by atoms with van der Waals surface area (Å²) in [7, 11) is 0. The van der Waals surface area contributed by atoms with Crippen molar-refractivity contribution in [2.45, 2.75) is 38.8 Å². The fourth-order valence-electron chi connectivity index (χ4n) is 1.43. The summed E-state index contributed by atoms with van der Waals surface area (Å²) in [5.41, 5.74) is -0.502. The van der Waals surface area contributed by atoms with Gasteiger partial charge < -0.3 is 0 Å². The van der Waals surface area contributed by atoms with Gasteiger partial charge in [0.15, 0.2) is 0 Å². The quantitative estimate of drug-likeness (QED) is 0.615. The lowest BCUT2D eigenvalue weighted by atomic mass is 10.1. The molecule has 1 aliphatic rings. The van der Waals surface area contributed by atoms with Crippen LogP contribution in [0.5, 0.6) is 0 Å². The molecule has 0 aromatic heterocycles. The van der Waals surface area contributed by atoms with Gasteiger partial charge in [0.05, 0.1) is 5.56 Å². The summed E-state index contributed by atoms with van der Waals surface area (Å²) in [4.78, 5) is 0. The van der Waals surface area contributed by atoms with E-state index in [9.17, 15) is 17.6 Å². The largest absolute Gasteiger partial charge is 0.419 e. The van der Waals surface area contributed by atoms with Gasteiger partial charge >= 0.3 is 6.18 Å². The van der Waals surface area contributed by atoms with Gasteiger partial charge in [-0.1, -0.05) is 19.9 Å². The summed E-state index contributed by atoms with van der Waals surface area (Å²) in [5, 5.41) is 0. The first kappa shape index (κ1) is 13.0. The van der Waals surface area contributed by atoms with Crippen LogP contribution in [0.2, 0.25) is 0 Å². The van der Waals surface area contributed by atoms with Gasteiger partial charge in [0.1, 0.15) is 5.82 Å². The Kier molecular flexibility index (Phi) is 3.94. The van der Waals surface area contributed by atoms with E-state index in [-0.39, 0.29) is 5.92 Å². The molecular formula is C12H14F4. The van der Waals surface area contributed by atoms with Crippen LogP contribution in [-0.2, 0) is 6.18 Å². The molecule has 1 aromatic carbocycles. The minimum atomic E-state index is -4.59. The zero-order valence-corrected chi connectivity index (χ0v) is 9.24. The van der Waals surface area contributed by atoms with Gasteiger partial charge in [-0.15, -0.1) is 0 Å². The highest BCUT2D eigenvalue weighted by Gasteiger charge is 2.35. The second kappa shape index (κ2) is 4.85. The van der Waals surface area contributed by atoms with Gasteiger partial charge in [0.25, 0.3) is 0 Å². The van der Waals surface area contributed by atoms with Crippen molar-refractivity contribution in [3.8, 4) is 0 Å². The highest BCUT2D eigenvalue weighted by atomic mass is 19.4. The SMILES string of the molecule is CC.Fc1cc(C2CC2)ccc1C(F)(F)F. The maximum Gasteiger partial charge on any atom is 0.419 e. The molecule has 1 fully saturated rings. The summed E-state index contributed by atoms with van der Waals surface area (Å²) in [6, 6.07) is 3.19. The fraction of sp³-hybridized carbons (Fsp3) is 0.500. The Morgan fingerprint density at radius 1 is 1.12 bits per heavy atom. The van der Waals surface area contributed by atoms with Crippen molar-refractivity contribution in [2.75, 3.05) is 0 Å². The van der Waals surface area contributed by atoms with E-state index in [0.29, 0.717) is 5.56 Å². The Bertz CT molecular complexity index is 351. The van der Waals surface area contributed by atoms with Gasteiger partial charge in [-0.25, -0.2) is 4.39 Å². The van der Waals surface area contributed by atoms with E-state index in [2.05, 4.69) is 0 Å². The molecule has 16 heavy (non-hydrogen) atoms. The molecule has 0 radical (unpaired) electrons. The molecule has 0 bridgehead atoms. The lowest BCUT2D eigenvalue weighted by Crippen LogP contribution is -2.08. The van der Waals surface area contributed by atoms with Crippen LogP contribution >= 0.6 is 0 Å². The minimum absolute atomic E-state index is 0.270. The van der Waals surface area contributed by atoms with E-state index in [4.69, 9.17) is 0 Å². The first-order valence-electron chi connectivity index (χ1n) is 5.35. The first-order chi connectivity index (χ1) is 7.48. The normalized spacial score (nSPS) is 15.4. The molecule has 0 N–H and O–H groups in total. The van der Waals surface area contributed by atoms with Gasteiger partial charge in [-0.05, 0) is 36.5 Å². The molecular weight excluding hydrogens is 220 g/mol. The van der Waals surface area contributed by atoms with E-state index in [1.807, 2.05) is 13.8 Å². The van der Waals surface area contributed by atoms with Crippen LogP contribution < -0.4 is 0 Å². The van der Waals surface area contributed by atoms with Crippen molar-refractivity contribution < 1.29 is 17.6 Å². The van der Waals surface area contributed by atoms with E-state index >= 15 is 0 Å². The van der Waals surface area contributed by atoms with Gasteiger partial charge in [-0.2, -0.15) is 13.2 Å². The molecule has 0 nitrogen and oxygen atoms in total. The zero-order chi connectivity index (χ0) is 12.3. The van der Waals surface area contributed by atoms with E-state index in [1.54, 1.807) is 0 Å². The summed E-state index contributed by atoms with van der Waals surface area (Å²) < 4.78 is 49.5. The third kappa shape index (κ3) is 2.97. The molecule has 0 heterocycles. The molecule has 1 saturated carbocycles. The van der Waals surface area contributed by atoms with Crippen LogP contribution in [0.25, 0.3) is 0 Å². The monoisotopic (exact) mass is 234 g/mol. The van der Waals surface area contributed by atoms with Crippen molar-refractivity contribution in [3.63, 3.8) is 0 Å². The van der Waals surface area contributed by atoms with Crippen LogP contribution in [-0.4, -0.2) is 0 Å². The molecule has 1 aliphatic carbocycles. The van der Waals surface area contributed by atoms with Gasteiger partial charge in [0, 0.05) is 0 Å². The highest BCUT2D eigenvalue weighted by molar-refractivity contribution is 5.30. The molecule has 90 valence electrons. The molecule has 4 heteroatoms. The van der Waals surface area contributed by atoms with Gasteiger partial charge in [-0.3, -0.25) is 0 Å². The molecule has 0 saturated heterocycles. The summed E-state index contributed by atoms with van der Waals surface area (Å²) in [5.74, 6) is -0.895. The third-order valence-electron chi connectivity index (χ3n) is 2.35. The van der Waals surface area contributed by atoms with E-state index < -0.39 is 17.6 Å². The van der Waals surface area contributed by atoms with Crippen LogP contribution in [0.15, 0.2) is 18.2 Å². The lowest BCUT2D eigenvalue weighted by Gasteiger charge is -2.08. The Balaban J connectivity index is 0.000000606. The maximum absolute atomic E-state index is 13.0. The van der Waals surface area contributed by atoms with Crippen LogP contribution in [0.3, 0.4) is 0 Å². The van der Waals surface area contributed by atoms with Crippen molar-refractivity contribution in [1.29, 1.82) is 0 Å². The summed E-state index contributed by atoms with van der Waals surface area (Å²) >= 11 is 0. The Labute approximate surface area is 92.3 Å². The van der Waals surface area contributed by atoms with Crippen molar-refractivity contribution in [3.05, 3.63) is 35.1 Å². The molecule has 0 unspecified atom stereocenters. The number of halogens is 4. The molecule has 0 amide bonds. The highest BCUT2D eigenvalue weighted by Crippen LogP contribution is 2.41.